The maximum atomic E-state index is 12.8. The molecule has 2 aromatic rings. The van der Waals surface area contributed by atoms with Gasteiger partial charge in [0.15, 0.2) is 0 Å². The van der Waals surface area contributed by atoms with Gasteiger partial charge in [-0.1, -0.05) is 42.0 Å². The second-order valence-corrected chi connectivity index (χ2v) is 9.59. The van der Waals surface area contributed by atoms with E-state index >= 15 is 0 Å². The first-order chi connectivity index (χ1) is 14.2. The number of rotatable bonds is 7. The molecule has 7 nitrogen and oxygen atoms in total. The second-order valence-electron chi connectivity index (χ2n) is 7.61. The van der Waals surface area contributed by atoms with Crippen LogP contribution in [0.15, 0.2) is 48.5 Å². The van der Waals surface area contributed by atoms with Gasteiger partial charge in [0.2, 0.25) is 15.9 Å². The number of sulfonamides is 1. The molecule has 0 bridgehead atoms. The van der Waals surface area contributed by atoms with Crippen LogP contribution in [0.2, 0.25) is 0 Å². The molecule has 0 radical (unpaired) electrons. The zero-order valence-corrected chi connectivity index (χ0v) is 18.1. The molecule has 1 aliphatic heterocycles. The summed E-state index contributed by atoms with van der Waals surface area (Å²) in [5, 5.41) is 2.72. The van der Waals surface area contributed by atoms with E-state index in [1.807, 2.05) is 31.2 Å². The minimum Gasteiger partial charge on any atom is -0.339 e. The lowest BCUT2D eigenvalue weighted by atomic mass is 10.1. The number of hydrogen-bond donors (Lipinski definition) is 1. The second kappa shape index (κ2) is 9.40. The van der Waals surface area contributed by atoms with Crippen LogP contribution in [-0.4, -0.2) is 55.3 Å². The fourth-order valence-electron chi connectivity index (χ4n) is 3.41. The molecule has 1 aliphatic rings. The van der Waals surface area contributed by atoms with Gasteiger partial charge < -0.3 is 10.2 Å². The van der Waals surface area contributed by atoms with Crippen LogP contribution in [0.4, 0.5) is 5.69 Å². The smallest absolute Gasteiger partial charge is 0.255 e. The highest BCUT2D eigenvalue weighted by Gasteiger charge is 2.24. The predicted molar refractivity (Wildman–Crippen MR) is 117 cm³/mol. The van der Waals surface area contributed by atoms with E-state index < -0.39 is 15.9 Å². The van der Waals surface area contributed by atoms with Crippen molar-refractivity contribution in [3.63, 3.8) is 0 Å². The van der Waals surface area contributed by atoms with E-state index in [4.69, 9.17) is 0 Å². The zero-order valence-electron chi connectivity index (χ0n) is 17.3. The van der Waals surface area contributed by atoms with Crippen molar-refractivity contribution in [2.45, 2.75) is 26.3 Å². The molecule has 1 saturated heterocycles. The summed E-state index contributed by atoms with van der Waals surface area (Å²) in [7, 11) is -3.60. The number of hydrogen-bond acceptors (Lipinski definition) is 4. The van der Waals surface area contributed by atoms with E-state index in [2.05, 4.69) is 5.32 Å². The quantitative estimate of drug-likeness (QED) is 0.733. The molecule has 1 fully saturated rings. The lowest BCUT2D eigenvalue weighted by Crippen LogP contribution is -2.37. The van der Waals surface area contributed by atoms with Gasteiger partial charge in [-0.15, -0.1) is 0 Å². The van der Waals surface area contributed by atoms with Gasteiger partial charge in [0.1, 0.15) is 0 Å². The maximum absolute atomic E-state index is 12.8. The Balaban J connectivity index is 1.73. The van der Waals surface area contributed by atoms with Crippen LogP contribution < -0.4 is 5.32 Å². The summed E-state index contributed by atoms with van der Waals surface area (Å²) < 4.78 is 25.6. The van der Waals surface area contributed by atoms with Crippen LogP contribution in [0.5, 0.6) is 0 Å². The van der Waals surface area contributed by atoms with Crippen molar-refractivity contribution in [1.29, 1.82) is 0 Å². The van der Waals surface area contributed by atoms with Crippen molar-refractivity contribution in [3.05, 3.63) is 65.2 Å². The SMILES string of the molecule is Cc1ccc(CN(CC(=O)Nc2ccccc2C(=O)N2CCCC2)S(C)(=O)=O)cc1. The third kappa shape index (κ3) is 5.67. The Morgan fingerprint density at radius 2 is 1.67 bits per heavy atom. The Kier molecular flexibility index (Phi) is 6.89. The van der Waals surface area contributed by atoms with Crippen LogP contribution in [0.25, 0.3) is 0 Å². The van der Waals surface area contributed by atoms with E-state index in [0.717, 1.165) is 34.5 Å². The number of para-hydroxylation sites is 1. The summed E-state index contributed by atoms with van der Waals surface area (Å²) in [6.45, 7) is 3.13. The molecular formula is C22H27N3O4S. The fourth-order valence-corrected chi connectivity index (χ4v) is 4.14. The highest BCUT2D eigenvalue weighted by Crippen LogP contribution is 2.20. The van der Waals surface area contributed by atoms with Crippen molar-refractivity contribution >= 4 is 27.5 Å². The van der Waals surface area contributed by atoms with Gasteiger partial charge in [0, 0.05) is 19.6 Å². The van der Waals surface area contributed by atoms with Gasteiger partial charge in [-0.3, -0.25) is 9.59 Å². The molecule has 2 aromatic carbocycles. The summed E-state index contributed by atoms with van der Waals surface area (Å²) in [6.07, 6.45) is 3.03. The number of amides is 2. The van der Waals surface area contributed by atoms with E-state index in [1.165, 1.54) is 0 Å². The minimum absolute atomic E-state index is 0.0981. The Hall–Kier alpha value is -2.71. The van der Waals surface area contributed by atoms with Crippen molar-refractivity contribution in [2.24, 2.45) is 0 Å². The first kappa shape index (κ1) is 22.0. The molecule has 3 rings (SSSR count). The third-order valence-electron chi connectivity index (χ3n) is 5.09. The normalized spacial score (nSPS) is 14.2. The van der Waals surface area contributed by atoms with E-state index in [9.17, 15) is 18.0 Å². The lowest BCUT2D eigenvalue weighted by Gasteiger charge is -2.21. The number of likely N-dealkylation sites (tertiary alicyclic amines) is 1. The van der Waals surface area contributed by atoms with Crippen molar-refractivity contribution < 1.29 is 18.0 Å². The number of benzene rings is 2. The Morgan fingerprint density at radius 1 is 1.03 bits per heavy atom. The lowest BCUT2D eigenvalue weighted by molar-refractivity contribution is -0.116. The average Bonchev–Trinajstić information content (AvgIpc) is 3.23. The monoisotopic (exact) mass is 429 g/mol. The maximum Gasteiger partial charge on any atom is 0.255 e. The molecule has 1 heterocycles. The highest BCUT2D eigenvalue weighted by molar-refractivity contribution is 7.88. The molecular weight excluding hydrogens is 402 g/mol. The number of carbonyl (C=O) groups is 2. The first-order valence-electron chi connectivity index (χ1n) is 9.93. The molecule has 30 heavy (non-hydrogen) atoms. The molecule has 0 unspecified atom stereocenters. The van der Waals surface area contributed by atoms with E-state index in [-0.39, 0.29) is 19.0 Å². The Morgan fingerprint density at radius 3 is 2.30 bits per heavy atom. The summed E-state index contributed by atoms with van der Waals surface area (Å²) >= 11 is 0. The Bertz CT molecular complexity index is 1010. The molecule has 0 aromatic heterocycles. The summed E-state index contributed by atoms with van der Waals surface area (Å²) in [5.74, 6) is -0.614. The molecule has 0 saturated carbocycles. The van der Waals surface area contributed by atoms with Crippen LogP contribution in [0.3, 0.4) is 0 Å². The zero-order chi connectivity index (χ0) is 21.7. The molecule has 0 atom stereocenters. The molecule has 2 amide bonds. The van der Waals surface area contributed by atoms with Crippen LogP contribution >= 0.6 is 0 Å². The standard InChI is InChI=1S/C22H27N3O4S/c1-17-9-11-18(12-10-17)15-25(30(2,28)29)16-21(26)23-20-8-4-3-7-19(20)22(27)24-13-5-6-14-24/h3-4,7-12H,5-6,13-16H2,1-2H3,(H,23,26). The van der Waals surface area contributed by atoms with E-state index in [0.29, 0.717) is 24.3 Å². The summed E-state index contributed by atoms with van der Waals surface area (Å²) in [6, 6.07) is 14.3. The van der Waals surface area contributed by atoms with Gasteiger partial charge in [-0.05, 0) is 37.5 Å². The Labute approximate surface area is 177 Å². The predicted octanol–water partition coefficient (Wildman–Crippen LogP) is 2.63. The third-order valence-corrected chi connectivity index (χ3v) is 6.29. The molecule has 0 spiro atoms. The number of anilines is 1. The van der Waals surface area contributed by atoms with Crippen molar-refractivity contribution in [2.75, 3.05) is 31.2 Å². The number of nitrogens with zero attached hydrogens (tertiary/aromatic N) is 2. The molecule has 8 heteroatoms. The largest absolute Gasteiger partial charge is 0.339 e. The van der Waals surface area contributed by atoms with Crippen molar-refractivity contribution in [1.82, 2.24) is 9.21 Å². The van der Waals surface area contributed by atoms with Crippen LogP contribution in [-0.2, 0) is 21.4 Å². The summed E-state index contributed by atoms with van der Waals surface area (Å²) in [5.41, 5.74) is 2.67. The topological polar surface area (TPSA) is 86.8 Å². The highest BCUT2D eigenvalue weighted by atomic mass is 32.2. The van der Waals surface area contributed by atoms with E-state index in [1.54, 1.807) is 29.2 Å². The van der Waals surface area contributed by atoms with Gasteiger partial charge in [-0.25, -0.2) is 8.42 Å². The minimum atomic E-state index is -3.60. The van der Waals surface area contributed by atoms with Gasteiger partial charge in [0.05, 0.1) is 24.1 Å². The van der Waals surface area contributed by atoms with Gasteiger partial charge >= 0.3 is 0 Å². The summed E-state index contributed by atoms with van der Waals surface area (Å²) in [4.78, 5) is 27.2. The first-order valence-corrected chi connectivity index (χ1v) is 11.8. The molecule has 1 N–H and O–H groups in total. The fraction of sp³-hybridized carbons (Fsp3) is 0.364. The average molecular weight is 430 g/mol. The van der Waals surface area contributed by atoms with Crippen LogP contribution in [0.1, 0.15) is 34.3 Å². The van der Waals surface area contributed by atoms with Crippen molar-refractivity contribution in [3.8, 4) is 0 Å². The number of aryl methyl sites for hydroxylation is 1. The molecule has 160 valence electrons. The number of carbonyl (C=O) groups excluding carboxylic acids is 2. The molecule has 0 aliphatic carbocycles. The van der Waals surface area contributed by atoms with Crippen LogP contribution in [0, 0.1) is 6.92 Å². The van der Waals surface area contributed by atoms with Gasteiger partial charge in [0.25, 0.3) is 5.91 Å². The van der Waals surface area contributed by atoms with Gasteiger partial charge in [-0.2, -0.15) is 4.31 Å². The number of nitrogens with one attached hydrogen (secondary N) is 1.